The standard InChI is InChI=1S/C11H14N2O/c1-8-10(11(14)13-12-8)7-9-5-3-2-4-6-9/h2-3,7,9H,4-6H2,1H3,(H,13,14)/b10-7+/t9-/m0/s1. The largest absolute Gasteiger partial charge is 0.272 e. The minimum atomic E-state index is -0.0583. The Morgan fingerprint density at radius 3 is 3.00 bits per heavy atom. The number of hydrazone groups is 1. The Balaban J connectivity index is 2.13. The summed E-state index contributed by atoms with van der Waals surface area (Å²) in [5, 5.41) is 3.89. The molecule has 1 amide bonds. The molecule has 1 atom stereocenters. The Bertz CT molecular complexity index is 339. The lowest BCUT2D eigenvalue weighted by Crippen LogP contribution is -2.14. The summed E-state index contributed by atoms with van der Waals surface area (Å²) in [5.41, 5.74) is 4.04. The van der Waals surface area contributed by atoms with Crippen molar-refractivity contribution in [2.45, 2.75) is 26.2 Å². The van der Waals surface area contributed by atoms with Gasteiger partial charge in [0.2, 0.25) is 0 Å². The lowest BCUT2D eigenvalue weighted by molar-refractivity contribution is -0.116. The van der Waals surface area contributed by atoms with E-state index in [1.807, 2.05) is 6.92 Å². The van der Waals surface area contributed by atoms with E-state index in [0.29, 0.717) is 5.92 Å². The summed E-state index contributed by atoms with van der Waals surface area (Å²) in [6.45, 7) is 1.86. The van der Waals surface area contributed by atoms with E-state index >= 15 is 0 Å². The van der Waals surface area contributed by atoms with Gasteiger partial charge in [-0.05, 0) is 32.1 Å². The van der Waals surface area contributed by atoms with Crippen LogP contribution in [0.4, 0.5) is 0 Å². The number of amides is 1. The molecule has 0 saturated heterocycles. The van der Waals surface area contributed by atoms with Gasteiger partial charge in [-0.3, -0.25) is 4.79 Å². The fourth-order valence-corrected chi connectivity index (χ4v) is 1.82. The molecule has 2 rings (SSSR count). The van der Waals surface area contributed by atoms with Crippen LogP contribution >= 0.6 is 0 Å². The number of rotatable bonds is 1. The fourth-order valence-electron chi connectivity index (χ4n) is 1.82. The third kappa shape index (κ3) is 1.76. The van der Waals surface area contributed by atoms with Gasteiger partial charge >= 0.3 is 0 Å². The summed E-state index contributed by atoms with van der Waals surface area (Å²) in [5.74, 6) is 0.445. The summed E-state index contributed by atoms with van der Waals surface area (Å²) in [4.78, 5) is 11.3. The summed E-state index contributed by atoms with van der Waals surface area (Å²) >= 11 is 0. The third-order valence-corrected chi connectivity index (χ3v) is 2.67. The van der Waals surface area contributed by atoms with Gasteiger partial charge in [0.1, 0.15) is 0 Å². The van der Waals surface area contributed by atoms with Gasteiger partial charge in [-0.2, -0.15) is 5.10 Å². The molecular formula is C11H14N2O. The van der Waals surface area contributed by atoms with Crippen LogP contribution in [0.3, 0.4) is 0 Å². The van der Waals surface area contributed by atoms with Crippen molar-refractivity contribution in [3.8, 4) is 0 Å². The highest BCUT2D eigenvalue weighted by atomic mass is 16.2. The molecule has 1 heterocycles. The maximum Gasteiger partial charge on any atom is 0.272 e. The lowest BCUT2D eigenvalue weighted by Gasteiger charge is -2.13. The van der Waals surface area contributed by atoms with Crippen LogP contribution < -0.4 is 5.43 Å². The van der Waals surface area contributed by atoms with E-state index in [-0.39, 0.29) is 5.91 Å². The molecule has 3 heteroatoms. The number of hydrogen-bond donors (Lipinski definition) is 1. The summed E-state index contributed by atoms with van der Waals surface area (Å²) < 4.78 is 0. The van der Waals surface area contributed by atoms with Crippen LogP contribution in [0.5, 0.6) is 0 Å². The van der Waals surface area contributed by atoms with Crippen molar-refractivity contribution in [2.24, 2.45) is 11.0 Å². The Labute approximate surface area is 83.6 Å². The topological polar surface area (TPSA) is 41.5 Å². The second-order valence-corrected chi connectivity index (χ2v) is 3.76. The monoisotopic (exact) mass is 190 g/mol. The van der Waals surface area contributed by atoms with E-state index in [0.717, 1.165) is 30.5 Å². The minimum absolute atomic E-state index is 0.0583. The van der Waals surface area contributed by atoms with Gasteiger partial charge in [0.15, 0.2) is 0 Å². The molecule has 0 unspecified atom stereocenters. The van der Waals surface area contributed by atoms with Crippen LogP contribution in [0, 0.1) is 5.92 Å². The normalized spacial score (nSPS) is 29.2. The van der Waals surface area contributed by atoms with Crippen molar-refractivity contribution < 1.29 is 4.79 Å². The summed E-state index contributed by atoms with van der Waals surface area (Å²) in [6, 6.07) is 0. The Morgan fingerprint density at radius 1 is 1.57 bits per heavy atom. The molecular weight excluding hydrogens is 176 g/mol. The van der Waals surface area contributed by atoms with Crippen LogP contribution in [-0.2, 0) is 4.79 Å². The molecule has 1 aliphatic carbocycles. The quantitative estimate of drug-likeness (QED) is 0.497. The van der Waals surface area contributed by atoms with Crippen LogP contribution in [0.2, 0.25) is 0 Å². The molecule has 14 heavy (non-hydrogen) atoms. The zero-order chi connectivity index (χ0) is 9.97. The first-order valence-corrected chi connectivity index (χ1v) is 4.99. The molecule has 0 saturated carbocycles. The highest BCUT2D eigenvalue weighted by Crippen LogP contribution is 2.22. The molecule has 74 valence electrons. The van der Waals surface area contributed by atoms with Crippen LogP contribution in [-0.4, -0.2) is 11.6 Å². The summed E-state index contributed by atoms with van der Waals surface area (Å²) in [6.07, 6.45) is 9.75. The van der Waals surface area contributed by atoms with Crippen molar-refractivity contribution in [3.05, 3.63) is 23.8 Å². The predicted octanol–water partition coefficient (Wildman–Crippen LogP) is 1.77. The number of carbonyl (C=O) groups is 1. The first-order chi connectivity index (χ1) is 6.77. The van der Waals surface area contributed by atoms with Gasteiger partial charge in [0.05, 0.1) is 11.3 Å². The lowest BCUT2D eigenvalue weighted by atomic mass is 9.91. The predicted molar refractivity (Wildman–Crippen MR) is 55.8 cm³/mol. The fraction of sp³-hybridized carbons (Fsp3) is 0.455. The molecule has 1 N–H and O–H groups in total. The van der Waals surface area contributed by atoms with Crippen LogP contribution in [0.1, 0.15) is 26.2 Å². The zero-order valence-corrected chi connectivity index (χ0v) is 8.29. The maximum absolute atomic E-state index is 11.3. The van der Waals surface area contributed by atoms with Gasteiger partial charge in [-0.25, -0.2) is 5.43 Å². The molecule has 0 aromatic rings. The van der Waals surface area contributed by atoms with Gasteiger partial charge in [0.25, 0.3) is 5.91 Å². The molecule has 1 aliphatic heterocycles. The molecule has 0 spiro atoms. The number of carbonyl (C=O) groups excluding carboxylic acids is 1. The molecule has 0 radical (unpaired) electrons. The maximum atomic E-state index is 11.3. The van der Waals surface area contributed by atoms with Crippen molar-refractivity contribution in [1.29, 1.82) is 0 Å². The van der Waals surface area contributed by atoms with E-state index in [1.165, 1.54) is 0 Å². The highest BCUT2D eigenvalue weighted by Gasteiger charge is 2.20. The number of allylic oxidation sites excluding steroid dienone is 3. The smallest absolute Gasteiger partial charge is 0.267 e. The van der Waals surface area contributed by atoms with Crippen LogP contribution in [0.15, 0.2) is 28.9 Å². The van der Waals surface area contributed by atoms with Crippen molar-refractivity contribution in [1.82, 2.24) is 5.43 Å². The Morgan fingerprint density at radius 2 is 2.43 bits per heavy atom. The van der Waals surface area contributed by atoms with Gasteiger partial charge < -0.3 is 0 Å². The third-order valence-electron chi connectivity index (χ3n) is 2.67. The van der Waals surface area contributed by atoms with Crippen LogP contribution in [0.25, 0.3) is 0 Å². The highest BCUT2D eigenvalue weighted by molar-refractivity contribution is 6.23. The first-order valence-electron chi connectivity index (χ1n) is 4.99. The molecule has 2 aliphatic rings. The second-order valence-electron chi connectivity index (χ2n) is 3.76. The molecule has 3 nitrogen and oxygen atoms in total. The average Bonchev–Trinajstić information content (AvgIpc) is 2.51. The van der Waals surface area contributed by atoms with E-state index in [4.69, 9.17) is 0 Å². The van der Waals surface area contributed by atoms with E-state index in [9.17, 15) is 4.79 Å². The first kappa shape index (κ1) is 9.19. The number of nitrogens with zero attached hydrogens (tertiary/aromatic N) is 1. The molecule has 0 bridgehead atoms. The SMILES string of the molecule is CC1=NNC(=O)/C1=C/[C@H]1CC=CCC1. The number of nitrogens with one attached hydrogen (secondary N) is 1. The Kier molecular flexibility index (Phi) is 2.48. The van der Waals surface area contributed by atoms with Crippen molar-refractivity contribution >= 4 is 11.6 Å². The second kappa shape index (κ2) is 3.78. The van der Waals surface area contributed by atoms with E-state index in [2.05, 4.69) is 28.8 Å². The van der Waals surface area contributed by atoms with E-state index < -0.39 is 0 Å². The minimum Gasteiger partial charge on any atom is -0.267 e. The van der Waals surface area contributed by atoms with Crippen molar-refractivity contribution in [2.75, 3.05) is 0 Å². The number of hydrogen-bond acceptors (Lipinski definition) is 2. The van der Waals surface area contributed by atoms with Gasteiger partial charge in [0, 0.05) is 0 Å². The van der Waals surface area contributed by atoms with Gasteiger partial charge in [-0.1, -0.05) is 18.2 Å². The average molecular weight is 190 g/mol. The molecule has 0 aromatic carbocycles. The Hall–Kier alpha value is -1.38. The van der Waals surface area contributed by atoms with E-state index in [1.54, 1.807) is 0 Å². The summed E-state index contributed by atoms with van der Waals surface area (Å²) in [7, 11) is 0. The molecule has 0 aromatic heterocycles. The molecule has 0 fully saturated rings. The van der Waals surface area contributed by atoms with Crippen molar-refractivity contribution in [3.63, 3.8) is 0 Å². The van der Waals surface area contributed by atoms with Gasteiger partial charge in [-0.15, -0.1) is 0 Å². The zero-order valence-electron chi connectivity index (χ0n) is 8.29.